The van der Waals surface area contributed by atoms with E-state index in [9.17, 15) is 14.4 Å². The van der Waals surface area contributed by atoms with Gasteiger partial charge in [0, 0.05) is 38.6 Å². The quantitative estimate of drug-likeness (QED) is 0.765. The first-order chi connectivity index (χ1) is 12.8. The van der Waals surface area contributed by atoms with Crippen molar-refractivity contribution in [2.24, 2.45) is 23.2 Å². The number of carbonyl (C=O) groups is 3. The number of rotatable bonds is 3. The van der Waals surface area contributed by atoms with Crippen molar-refractivity contribution >= 4 is 17.7 Å². The SMILES string of the molecule is CC(C)NC(=O)C(=O)N1CCN(C(=O)CC23CC4CC(CC(C4)C2)C3)CC1. The molecule has 5 fully saturated rings. The van der Waals surface area contributed by atoms with Crippen LogP contribution in [0.5, 0.6) is 0 Å². The highest BCUT2D eigenvalue weighted by Gasteiger charge is 2.51. The molecule has 0 atom stereocenters. The minimum Gasteiger partial charge on any atom is -0.346 e. The third kappa shape index (κ3) is 3.85. The highest BCUT2D eigenvalue weighted by atomic mass is 16.2. The van der Waals surface area contributed by atoms with Crippen LogP contribution >= 0.6 is 0 Å². The zero-order valence-electron chi connectivity index (χ0n) is 16.7. The molecule has 27 heavy (non-hydrogen) atoms. The van der Waals surface area contributed by atoms with Crippen LogP contribution in [0.25, 0.3) is 0 Å². The highest BCUT2D eigenvalue weighted by Crippen LogP contribution is 2.61. The summed E-state index contributed by atoms with van der Waals surface area (Å²) in [4.78, 5) is 40.6. The second kappa shape index (κ2) is 7.10. The van der Waals surface area contributed by atoms with Crippen LogP contribution in [0.1, 0.15) is 58.8 Å². The van der Waals surface area contributed by atoms with Crippen molar-refractivity contribution in [3.8, 4) is 0 Å². The molecule has 6 nitrogen and oxygen atoms in total. The van der Waals surface area contributed by atoms with Gasteiger partial charge in [0.05, 0.1) is 0 Å². The van der Waals surface area contributed by atoms with Gasteiger partial charge in [-0.1, -0.05) is 0 Å². The summed E-state index contributed by atoms with van der Waals surface area (Å²) in [5, 5.41) is 2.65. The van der Waals surface area contributed by atoms with Crippen molar-refractivity contribution in [2.75, 3.05) is 26.2 Å². The standard InChI is InChI=1S/C21H33N3O3/c1-14(2)22-19(26)20(27)24-5-3-23(4-6-24)18(25)13-21-10-15-7-16(11-21)9-17(8-15)12-21/h14-17H,3-13H2,1-2H3,(H,22,26). The Balaban J connectivity index is 1.29. The van der Waals surface area contributed by atoms with E-state index in [-0.39, 0.29) is 17.4 Å². The van der Waals surface area contributed by atoms with Crippen molar-refractivity contribution in [1.82, 2.24) is 15.1 Å². The molecule has 150 valence electrons. The number of amides is 3. The third-order valence-electron chi connectivity index (χ3n) is 7.22. The zero-order chi connectivity index (χ0) is 19.2. The van der Waals surface area contributed by atoms with Crippen LogP contribution in [-0.4, -0.2) is 59.7 Å². The van der Waals surface area contributed by atoms with Crippen molar-refractivity contribution in [3.63, 3.8) is 0 Å². The molecule has 0 spiro atoms. The molecular weight excluding hydrogens is 342 g/mol. The first-order valence-corrected chi connectivity index (χ1v) is 10.7. The van der Waals surface area contributed by atoms with Gasteiger partial charge in [-0.25, -0.2) is 0 Å². The van der Waals surface area contributed by atoms with Gasteiger partial charge in [0.15, 0.2) is 0 Å². The second-order valence-electron chi connectivity index (χ2n) is 9.90. The van der Waals surface area contributed by atoms with Gasteiger partial charge in [-0.15, -0.1) is 0 Å². The number of hydrogen-bond donors (Lipinski definition) is 1. The average Bonchev–Trinajstić information content (AvgIpc) is 2.59. The molecule has 0 aromatic carbocycles. The Bertz CT molecular complexity index is 587. The van der Waals surface area contributed by atoms with Gasteiger partial charge < -0.3 is 15.1 Å². The molecule has 0 unspecified atom stereocenters. The van der Waals surface area contributed by atoms with Crippen LogP contribution in [-0.2, 0) is 14.4 Å². The predicted molar refractivity (Wildman–Crippen MR) is 102 cm³/mol. The van der Waals surface area contributed by atoms with Gasteiger partial charge in [0.25, 0.3) is 0 Å². The molecule has 4 bridgehead atoms. The van der Waals surface area contributed by atoms with Crippen molar-refractivity contribution in [1.29, 1.82) is 0 Å². The minimum atomic E-state index is -0.543. The van der Waals surface area contributed by atoms with Crippen LogP contribution in [0, 0.1) is 23.2 Å². The molecule has 4 aliphatic carbocycles. The Hall–Kier alpha value is -1.59. The molecule has 6 heteroatoms. The van der Waals surface area contributed by atoms with E-state index in [0.717, 1.165) is 17.8 Å². The lowest BCUT2D eigenvalue weighted by Gasteiger charge is -2.57. The molecule has 0 aromatic heterocycles. The van der Waals surface area contributed by atoms with E-state index in [1.165, 1.54) is 38.5 Å². The van der Waals surface area contributed by atoms with E-state index in [0.29, 0.717) is 32.6 Å². The lowest BCUT2D eigenvalue weighted by atomic mass is 9.49. The zero-order valence-corrected chi connectivity index (χ0v) is 16.7. The van der Waals surface area contributed by atoms with Crippen LogP contribution in [0.3, 0.4) is 0 Å². The fourth-order valence-electron chi connectivity index (χ4n) is 6.57. The summed E-state index contributed by atoms with van der Waals surface area (Å²) in [7, 11) is 0. The normalized spacial score (nSPS) is 34.9. The molecule has 4 saturated carbocycles. The van der Waals surface area contributed by atoms with Crippen molar-refractivity contribution < 1.29 is 14.4 Å². The molecule has 0 radical (unpaired) electrons. The summed E-state index contributed by atoms with van der Waals surface area (Å²) in [5.41, 5.74) is 0.260. The summed E-state index contributed by atoms with van der Waals surface area (Å²) >= 11 is 0. The fourth-order valence-corrected chi connectivity index (χ4v) is 6.57. The smallest absolute Gasteiger partial charge is 0.312 e. The Morgan fingerprint density at radius 1 is 0.889 bits per heavy atom. The molecular formula is C21H33N3O3. The average molecular weight is 376 g/mol. The van der Waals surface area contributed by atoms with E-state index in [2.05, 4.69) is 5.32 Å². The van der Waals surface area contributed by atoms with Crippen LogP contribution in [0.15, 0.2) is 0 Å². The summed E-state index contributed by atoms with van der Waals surface area (Å²) in [5.74, 6) is 1.82. The van der Waals surface area contributed by atoms with E-state index in [1.807, 2.05) is 18.7 Å². The Kier molecular flexibility index (Phi) is 4.93. The van der Waals surface area contributed by atoms with E-state index < -0.39 is 11.8 Å². The maximum Gasteiger partial charge on any atom is 0.312 e. The van der Waals surface area contributed by atoms with Gasteiger partial charge in [0.2, 0.25) is 5.91 Å². The van der Waals surface area contributed by atoms with Gasteiger partial charge in [0.1, 0.15) is 0 Å². The predicted octanol–water partition coefficient (Wildman–Crippen LogP) is 1.79. The van der Waals surface area contributed by atoms with E-state index in [4.69, 9.17) is 0 Å². The van der Waals surface area contributed by atoms with Crippen LogP contribution in [0.2, 0.25) is 0 Å². The number of carbonyl (C=O) groups excluding carboxylic acids is 3. The highest BCUT2D eigenvalue weighted by molar-refractivity contribution is 6.35. The third-order valence-corrected chi connectivity index (χ3v) is 7.22. The van der Waals surface area contributed by atoms with Crippen molar-refractivity contribution in [2.45, 2.75) is 64.8 Å². The molecule has 1 heterocycles. The summed E-state index contributed by atoms with van der Waals surface area (Å²) in [6, 6.07) is -0.0513. The number of piperazine rings is 1. The Labute approximate surface area is 162 Å². The second-order valence-corrected chi connectivity index (χ2v) is 9.90. The molecule has 1 N–H and O–H groups in total. The largest absolute Gasteiger partial charge is 0.346 e. The van der Waals surface area contributed by atoms with Gasteiger partial charge in [-0.2, -0.15) is 0 Å². The lowest BCUT2D eigenvalue weighted by Crippen LogP contribution is -2.55. The van der Waals surface area contributed by atoms with Gasteiger partial charge in [-0.3, -0.25) is 14.4 Å². The summed E-state index contributed by atoms with van der Waals surface area (Å²) < 4.78 is 0. The number of hydrogen-bond acceptors (Lipinski definition) is 3. The van der Waals surface area contributed by atoms with E-state index >= 15 is 0 Å². The Morgan fingerprint density at radius 2 is 1.37 bits per heavy atom. The van der Waals surface area contributed by atoms with Gasteiger partial charge in [-0.05, 0) is 75.5 Å². The van der Waals surface area contributed by atoms with Crippen LogP contribution < -0.4 is 5.32 Å². The molecule has 3 amide bonds. The molecule has 1 saturated heterocycles. The van der Waals surface area contributed by atoms with Crippen molar-refractivity contribution in [3.05, 3.63) is 0 Å². The maximum atomic E-state index is 13.0. The van der Waals surface area contributed by atoms with E-state index in [1.54, 1.807) is 4.90 Å². The number of nitrogens with zero attached hydrogens (tertiary/aromatic N) is 2. The molecule has 5 rings (SSSR count). The monoisotopic (exact) mass is 375 g/mol. The maximum absolute atomic E-state index is 13.0. The topological polar surface area (TPSA) is 69.7 Å². The first kappa shape index (κ1) is 18.8. The minimum absolute atomic E-state index is 0.0513. The fraction of sp³-hybridized carbons (Fsp3) is 0.857. The van der Waals surface area contributed by atoms with Gasteiger partial charge >= 0.3 is 11.8 Å². The first-order valence-electron chi connectivity index (χ1n) is 10.7. The van der Waals surface area contributed by atoms with Crippen LogP contribution in [0.4, 0.5) is 0 Å². The molecule has 0 aromatic rings. The Morgan fingerprint density at radius 3 is 1.85 bits per heavy atom. The lowest BCUT2D eigenvalue weighted by molar-refractivity contribution is -0.150. The molecule has 5 aliphatic rings. The summed E-state index contributed by atoms with van der Waals surface area (Å²) in [6.07, 6.45) is 8.62. The number of nitrogens with one attached hydrogen (secondary N) is 1. The molecule has 1 aliphatic heterocycles. The summed E-state index contributed by atoms with van der Waals surface area (Å²) in [6.45, 7) is 5.68.